The Bertz CT molecular complexity index is 732. The van der Waals surface area contributed by atoms with Crippen LogP contribution in [0.3, 0.4) is 0 Å². The predicted molar refractivity (Wildman–Crippen MR) is 182 cm³/mol. The number of ether oxygens (including phenoxy) is 2. The molecule has 0 amide bonds. The summed E-state index contributed by atoms with van der Waals surface area (Å²) in [6, 6.07) is 0. The van der Waals surface area contributed by atoms with E-state index in [9.17, 15) is 14.3 Å². The van der Waals surface area contributed by atoms with E-state index in [0.29, 0.717) is 6.42 Å². The second kappa shape index (κ2) is 33.2. The van der Waals surface area contributed by atoms with Gasteiger partial charge in [-0.05, 0) is 44.6 Å². The van der Waals surface area contributed by atoms with Crippen LogP contribution in [0.5, 0.6) is 0 Å². The van der Waals surface area contributed by atoms with Gasteiger partial charge in [0, 0.05) is 13.0 Å². The first kappa shape index (κ1) is 42.8. The summed E-state index contributed by atoms with van der Waals surface area (Å²) in [4.78, 5) is 22.1. The Morgan fingerprint density at radius 2 is 1.18 bits per heavy atom. The molecule has 2 atom stereocenters. The SMILES string of the molecule is CCCC/C=C\CCCCCCCC(=O)OC[C@H](COP(=O)(O)OCCN)O/C=C\CCCCCCCCCCCCCC. The monoisotopic (exact) mass is 645 g/mol. The maximum atomic E-state index is 12.3. The van der Waals surface area contributed by atoms with Crippen molar-refractivity contribution in [2.75, 3.05) is 26.4 Å². The smallest absolute Gasteiger partial charge is 0.472 e. The van der Waals surface area contributed by atoms with Crippen LogP contribution >= 0.6 is 7.82 Å². The van der Waals surface area contributed by atoms with Gasteiger partial charge in [0.1, 0.15) is 6.61 Å². The molecule has 0 bridgehead atoms. The molecule has 0 aliphatic rings. The summed E-state index contributed by atoms with van der Waals surface area (Å²) in [5.41, 5.74) is 5.34. The standard InChI is InChI=1S/C35H68NO7P/c1-3-5-7-9-11-13-15-16-17-19-21-23-25-27-30-40-34(33-43-44(38,39)42-31-29-36)32-41-35(37)28-26-24-22-20-18-14-12-10-8-6-4-2/h10,12,27,30,34H,3-9,11,13-26,28-29,31-33,36H2,1-2H3,(H,38,39)/b12-10-,30-27-/t34-/m1/s1. The number of phosphoric acid groups is 1. The number of rotatable bonds is 34. The third kappa shape index (κ3) is 32.2. The van der Waals surface area contributed by atoms with Crippen molar-refractivity contribution < 1.29 is 32.8 Å². The van der Waals surface area contributed by atoms with Crippen molar-refractivity contribution in [1.82, 2.24) is 0 Å². The van der Waals surface area contributed by atoms with Gasteiger partial charge in [0.25, 0.3) is 0 Å². The Balaban J connectivity index is 4.18. The van der Waals surface area contributed by atoms with E-state index in [-0.39, 0.29) is 32.3 Å². The molecule has 0 aliphatic heterocycles. The molecule has 0 spiro atoms. The molecule has 0 fully saturated rings. The summed E-state index contributed by atoms with van der Waals surface area (Å²) in [6.45, 7) is 4.16. The van der Waals surface area contributed by atoms with Crippen LogP contribution in [0.4, 0.5) is 0 Å². The topological polar surface area (TPSA) is 117 Å². The van der Waals surface area contributed by atoms with Crippen LogP contribution in [0.15, 0.2) is 24.5 Å². The zero-order chi connectivity index (χ0) is 32.4. The van der Waals surface area contributed by atoms with Gasteiger partial charge in [0.2, 0.25) is 0 Å². The highest BCUT2D eigenvalue weighted by molar-refractivity contribution is 7.47. The van der Waals surface area contributed by atoms with Gasteiger partial charge < -0.3 is 20.1 Å². The van der Waals surface area contributed by atoms with E-state index in [0.717, 1.165) is 38.5 Å². The average molecular weight is 646 g/mol. The second-order valence-electron chi connectivity index (χ2n) is 11.8. The van der Waals surface area contributed by atoms with E-state index in [1.54, 1.807) is 6.26 Å². The Morgan fingerprint density at radius 1 is 0.682 bits per heavy atom. The van der Waals surface area contributed by atoms with E-state index in [4.69, 9.17) is 24.3 Å². The molecule has 44 heavy (non-hydrogen) atoms. The number of phosphoric ester groups is 1. The van der Waals surface area contributed by atoms with E-state index in [1.165, 1.54) is 103 Å². The molecule has 9 heteroatoms. The first-order chi connectivity index (χ1) is 21.4. The van der Waals surface area contributed by atoms with E-state index < -0.39 is 13.9 Å². The maximum absolute atomic E-state index is 12.3. The Labute approximate surface area is 270 Å². The quantitative estimate of drug-likeness (QED) is 0.0233. The minimum atomic E-state index is -4.26. The number of unbranched alkanes of at least 4 members (excludes halogenated alkanes) is 19. The number of carbonyl (C=O) groups is 1. The van der Waals surface area contributed by atoms with Crippen LogP contribution in [0.25, 0.3) is 0 Å². The molecule has 0 aliphatic carbocycles. The molecule has 0 rings (SSSR count). The Morgan fingerprint density at radius 3 is 1.75 bits per heavy atom. The zero-order valence-corrected chi connectivity index (χ0v) is 29.3. The first-order valence-electron chi connectivity index (χ1n) is 17.9. The van der Waals surface area contributed by atoms with Gasteiger partial charge in [0.05, 0.1) is 19.5 Å². The molecule has 260 valence electrons. The largest absolute Gasteiger partial charge is 0.492 e. The Kier molecular flexibility index (Phi) is 32.3. The number of allylic oxidation sites excluding steroid dienone is 3. The highest BCUT2D eigenvalue weighted by Crippen LogP contribution is 2.43. The summed E-state index contributed by atoms with van der Waals surface area (Å²) in [7, 11) is -4.26. The lowest BCUT2D eigenvalue weighted by molar-refractivity contribution is -0.147. The van der Waals surface area contributed by atoms with E-state index >= 15 is 0 Å². The van der Waals surface area contributed by atoms with Crippen molar-refractivity contribution in [3.63, 3.8) is 0 Å². The van der Waals surface area contributed by atoms with Gasteiger partial charge in [-0.3, -0.25) is 13.8 Å². The molecule has 3 N–H and O–H groups in total. The molecule has 8 nitrogen and oxygen atoms in total. The summed E-state index contributed by atoms with van der Waals surface area (Å²) in [5.74, 6) is -0.301. The van der Waals surface area contributed by atoms with Gasteiger partial charge in [-0.25, -0.2) is 4.57 Å². The molecular formula is C35H68NO7P. The van der Waals surface area contributed by atoms with Crippen LogP contribution in [-0.2, 0) is 27.9 Å². The van der Waals surface area contributed by atoms with Crippen LogP contribution in [0.2, 0.25) is 0 Å². The zero-order valence-electron chi connectivity index (χ0n) is 28.4. The van der Waals surface area contributed by atoms with Crippen LogP contribution in [0, 0.1) is 0 Å². The van der Waals surface area contributed by atoms with Crippen molar-refractivity contribution in [3.05, 3.63) is 24.5 Å². The number of nitrogens with two attached hydrogens (primary N) is 1. The summed E-state index contributed by atoms with van der Waals surface area (Å²) in [6.07, 6.45) is 34.3. The van der Waals surface area contributed by atoms with Gasteiger partial charge in [-0.15, -0.1) is 0 Å². The van der Waals surface area contributed by atoms with Gasteiger partial charge in [0.15, 0.2) is 6.10 Å². The average Bonchev–Trinajstić information content (AvgIpc) is 3.01. The first-order valence-corrected chi connectivity index (χ1v) is 19.4. The normalized spacial score (nSPS) is 13.9. The number of esters is 1. The molecule has 0 aromatic carbocycles. The molecule has 0 saturated heterocycles. The molecule has 0 saturated carbocycles. The molecule has 0 heterocycles. The molecule has 0 aromatic rings. The summed E-state index contributed by atoms with van der Waals surface area (Å²) in [5, 5.41) is 0. The molecular weight excluding hydrogens is 577 g/mol. The van der Waals surface area contributed by atoms with Crippen LogP contribution in [-0.4, -0.2) is 43.3 Å². The minimum absolute atomic E-state index is 0.0664. The fourth-order valence-corrected chi connectivity index (χ4v) is 5.49. The number of carbonyl (C=O) groups excluding carboxylic acids is 1. The van der Waals surface area contributed by atoms with Gasteiger partial charge in [-0.2, -0.15) is 0 Å². The van der Waals surface area contributed by atoms with Crippen molar-refractivity contribution in [2.45, 2.75) is 168 Å². The second-order valence-corrected chi connectivity index (χ2v) is 13.3. The lowest BCUT2D eigenvalue weighted by atomic mass is 10.0. The van der Waals surface area contributed by atoms with Crippen molar-refractivity contribution in [2.24, 2.45) is 5.73 Å². The molecule has 1 unspecified atom stereocenters. The minimum Gasteiger partial charge on any atom is -0.492 e. The summed E-state index contributed by atoms with van der Waals surface area (Å²) < 4.78 is 33.0. The van der Waals surface area contributed by atoms with E-state index in [2.05, 4.69) is 26.0 Å². The highest BCUT2D eigenvalue weighted by atomic mass is 31.2. The summed E-state index contributed by atoms with van der Waals surface area (Å²) >= 11 is 0. The fraction of sp³-hybridized carbons (Fsp3) is 0.857. The lowest BCUT2D eigenvalue weighted by Crippen LogP contribution is -2.25. The maximum Gasteiger partial charge on any atom is 0.472 e. The lowest BCUT2D eigenvalue weighted by Gasteiger charge is -2.19. The molecule has 0 radical (unpaired) electrons. The Hall–Kier alpha value is -1.18. The van der Waals surface area contributed by atoms with Crippen molar-refractivity contribution >= 4 is 13.8 Å². The van der Waals surface area contributed by atoms with Crippen LogP contribution < -0.4 is 5.73 Å². The van der Waals surface area contributed by atoms with Crippen molar-refractivity contribution in [3.8, 4) is 0 Å². The van der Waals surface area contributed by atoms with Gasteiger partial charge >= 0.3 is 13.8 Å². The predicted octanol–water partition coefficient (Wildman–Crippen LogP) is 10.1. The van der Waals surface area contributed by atoms with Crippen molar-refractivity contribution in [1.29, 1.82) is 0 Å². The third-order valence-electron chi connectivity index (χ3n) is 7.46. The van der Waals surface area contributed by atoms with Crippen LogP contribution in [0.1, 0.15) is 162 Å². The van der Waals surface area contributed by atoms with Gasteiger partial charge in [-0.1, -0.05) is 129 Å². The third-order valence-corrected chi connectivity index (χ3v) is 8.44. The molecule has 0 aromatic heterocycles. The highest BCUT2D eigenvalue weighted by Gasteiger charge is 2.24. The van der Waals surface area contributed by atoms with E-state index in [1.807, 2.05) is 6.08 Å². The fourth-order valence-electron chi connectivity index (χ4n) is 4.72. The number of hydrogen-bond acceptors (Lipinski definition) is 7. The number of hydrogen-bond donors (Lipinski definition) is 2.